The van der Waals surface area contributed by atoms with E-state index in [1.54, 1.807) is 0 Å². The fourth-order valence-corrected chi connectivity index (χ4v) is 1.80. The van der Waals surface area contributed by atoms with Crippen LogP contribution >= 0.6 is 24.4 Å². The maximum Gasteiger partial charge on any atom is 0.317 e. The zero-order valence-electron chi connectivity index (χ0n) is 9.17. The summed E-state index contributed by atoms with van der Waals surface area (Å²) in [6, 6.07) is 0. The van der Waals surface area contributed by atoms with E-state index in [0.717, 1.165) is 0 Å². The lowest BCUT2D eigenvalue weighted by Gasteiger charge is -2.17. The molecule has 1 heterocycles. The number of nitrogens with one attached hydrogen (secondary N) is 2. The summed E-state index contributed by atoms with van der Waals surface area (Å²) in [5.41, 5.74) is 0.584. The van der Waals surface area contributed by atoms with Crippen LogP contribution < -0.4 is 0 Å². The van der Waals surface area contributed by atoms with Gasteiger partial charge in [-0.2, -0.15) is 0 Å². The van der Waals surface area contributed by atoms with Crippen LogP contribution in [-0.2, 0) is 16.1 Å². The Balaban J connectivity index is 2.88. The molecule has 1 rings (SSSR count). The van der Waals surface area contributed by atoms with Gasteiger partial charge in [0.25, 0.3) is 0 Å². The van der Waals surface area contributed by atoms with Gasteiger partial charge in [0.1, 0.15) is 4.64 Å². The molecule has 0 amide bonds. The van der Waals surface area contributed by atoms with Crippen LogP contribution in [0.25, 0.3) is 0 Å². The lowest BCUT2D eigenvalue weighted by atomic mass is 10.3. The van der Waals surface area contributed by atoms with Crippen molar-refractivity contribution in [1.29, 1.82) is 0 Å². The quantitative estimate of drug-likeness (QED) is 0.573. The summed E-state index contributed by atoms with van der Waals surface area (Å²) >= 11 is 9.85. The van der Waals surface area contributed by atoms with E-state index < -0.39 is 11.9 Å². The summed E-state index contributed by atoms with van der Waals surface area (Å²) in [5.74, 6) is -2.20. The molecule has 0 saturated heterocycles. The summed E-state index contributed by atoms with van der Waals surface area (Å²) in [5, 5.41) is 17.4. The largest absolute Gasteiger partial charge is 0.480 e. The van der Waals surface area contributed by atoms with E-state index in [-0.39, 0.29) is 19.6 Å². The first-order chi connectivity index (χ1) is 8.38. The molecule has 9 heteroatoms. The third-order valence-corrected chi connectivity index (χ3v) is 2.59. The molecule has 0 spiro atoms. The molecule has 0 aliphatic carbocycles. The lowest BCUT2D eigenvalue weighted by molar-refractivity contribution is -0.142. The second kappa shape index (κ2) is 6.38. The van der Waals surface area contributed by atoms with Crippen LogP contribution in [0, 0.1) is 9.41 Å². The van der Waals surface area contributed by atoms with Crippen molar-refractivity contribution in [2.75, 3.05) is 13.1 Å². The zero-order chi connectivity index (χ0) is 13.7. The third kappa shape index (κ3) is 4.73. The molecule has 0 aliphatic rings. The summed E-state index contributed by atoms with van der Waals surface area (Å²) < 4.78 is 0.714. The first-order valence-electron chi connectivity index (χ1n) is 4.85. The predicted molar refractivity (Wildman–Crippen MR) is 67.4 cm³/mol. The monoisotopic (exact) mass is 289 g/mol. The van der Waals surface area contributed by atoms with Gasteiger partial charge in [0.2, 0.25) is 0 Å². The number of rotatable bonds is 6. The van der Waals surface area contributed by atoms with Gasteiger partial charge < -0.3 is 20.2 Å². The fourth-order valence-electron chi connectivity index (χ4n) is 1.35. The van der Waals surface area contributed by atoms with Crippen LogP contribution in [-0.4, -0.2) is 50.1 Å². The Labute approximate surface area is 112 Å². The maximum absolute atomic E-state index is 10.6. The van der Waals surface area contributed by atoms with Crippen molar-refractivity contribution in [2.24, 2.45) is 0 Å². The molecule has 0 unspecified atom stereocenters. The molecule has 98 valence electrons. The van der Waals surface area contributed by atoms with Gasteiger partial charge in [0, 0.05) is 18.3 Å². The number of aromatic nitrogens is 2. The highest BCUT2D eigenvalue weighted by molar-refractivity contribution is 7.72. The number of hydrogen-bond acceptors (Lipinski definition) is 5. The van der Waals surface area contributed by atoms with E-state index in [1.165, 1.54) is 11.1 Å². The van der Waals surface area contributed by atoms with E-state index in [2.05, 4.69) is 9.97 Å². The predicted octanol–water partition coefficient (Wildman–Crippen LogP) is 0.773. The van der Waals surface area contributed by atoms with Gasteiger partial charge in [-0.05, 0) is 12.2 Å². The highest BCUT2D eigenvalue weighted by Crippen LogP contribution is 2.04. The van der Waals surface area contributed by atoms with E-state index in [9.17, 15) is 9.59 Å². The van der Waals surface area contributed by atoms with Gasteiger partial charge in [-0.3, -0.25) is 14.5 Å². The number of hydrogen-bond donors (Lipinski definition) is 4. The molecule has 4 N–H and O–H groups in total. The number of aromatic amines is 2. The molecule has 1 aromatic rings. The molecule has 0 saturated carbocycles. The molecular formula is C9H11N3O4S2. The van der Waals surface area contributed by atoms with Crippen molar-refractivity contribution in [3.05, 3.63) is 21.2 Å². The van der Waals surface area contributed by atoms with Crippen molar-refractivity contribution in [1.82, 2.24) is 14.9 Å². The summed E-state index contributed by atoms with van der Waals surface area (Å²) in [6.45, 7) is -0.645. The summed E-state index contributed by atoms with van der Waals surface area (Å²) in [7, 11) is 0. The van der Waals surface area contributed by atoms with Crippen LogP contribution in [0.5, 0.6) is 0 Å². The van der Waals surface area contributed by atoms with E-state index >= 15 is 0 Å². The maximum atomic E-state index is 10.6. The topological polar surface area (TPSA) is 109 Å². The van der Waals surface area contributed by atoms with Gasteiger partial charge in [-0.1, -0.05) is 12.2 Å². The second-order valence-corrected chi connectivity index (χ2v) is 4.35. The number of carbonyl (C=O) groups is 2. The smallest absolute Gasteiger partial charge is 0.317 e. The number of carboxylic acids is 2. The van der Waals surface area contributed by atoms with Crippen LogP contribution in [0.15, 0.2) is 6.20 Å². The summed E-state index contributed by atoms with van der Waals surface area (Å²) in [6.07, 6.45) is 1.54. The Morgan fingerprint density at radius 2 is 1.78 bits per heavy atom. The molecule has 0 bridgehead atoms. The Morgan fingerprint density at radius 3 is 2.22 bits per heavy atom. The second-order valence-electron chi connectivity index (χ2n) is 3.53. The minimum atomic E-state index is -1.10. The molecule has 0 radical (unpaired) electrons. The molecule has 0 fully saturated rings. The SMILES string of the molecule is O=C(O)CN(CC(=O)O)Cc1c[nH]c(=S)[nH]c1=S. The first-order valence-corrected chi connectivity index (χ1v) is 5.67. The average molecular weight is 289 g/mol. The molecule has 0 aromatic carbocycles. The van der Waals surface area contributed by atoms with Crippen LogP contribution in [0.1, 0.15) is 5.56 Å². The molecule has 0 aliphatic heterocycles. The molecule has 1 aromatic heterocycles. The van der Waals surface area contributed by atoms with E-state index in [1.807, 2.05) is 0 Å². The number of aliphatic carboxylic acids is 2. The molecule has 18 heavy (non-hydrogen) atoms. The fraction of sp³-hybridized carbons (Fsp3) is 0.333. The first kappa shape index (κ1) is 14.5. The number of nitrogens with zero attached hydrogens (tertiary/aromatic N) is 1. The molecular weight excluding hydrogens is 278 g/mol. The van der Waals surface area contributed by atoms with Gasteiger partial charge >= 0.3 is 11.9 Å². The lowest BCUT2D eigenvalue weighted by Crippen LogP contribution is -2.34. The minimum Gasteiger partial charge on any atom is -0.480 e. The third-order valence-electron chi connectivity index (χ3n) is 2.01. The Kier molecular flexibility index (Phi) is 5.13. The zero-order valence-corrected chi connectivity index (χ0v) is 10.8. The average Bonchev–Trinajstić information content (AvgIpc) is 2.20. The standard InChI is InChI=1S/C9H11N3O4S2/c13-6(14)3-12(4-7(15)16)2-5-1-10-9(18)11-8(5)17/h1H,2-4H2,(H,13,14)(H,15,16)(H2,10,11,17,18). The van der Waals surface area contributed by atoms with Gasteiger partial charge in [0.15, 0.2) is 4.77 Å². The number of H-pyrrole nitrogens is 2. The Hall–Kier alpha value is -1.58. The summed E-state index contributed by atoms with van der Waals surface area (Å²) in [4.78, 5) is 27.9. The molecule has 0 atom stereocenters. The minimum absolute atomic E-state index is 0.111. The molecule has 7 nitrogen and oxygen atoms in total. The normalized spacial score (nSPS) is 10.5. The van der Waals surface area contributed by atoms with Crippen LogP contribution in [0.4, 0.5) is 0 Å². The van der Waals surface area contributed by atoms with Crippen LogP contribution in [0.2, 0.25) is 0 Å². The highest BCUT2D eigenvalue weighted by atomic mass is 32.1. The van der Waals surface area contributed by atoms with Crippen molar-refractivity contribution < 1.29 is 19.8 Å². The van der Waals surface area contributed by atoms with Gasteiger partial charge in [-0.15, -0.1) is 0 Å². The van der Waals surface area contributed by atoms with Crippen molar-refractivity contribution in [3.8, 4) is 0 Å². The van der Waals surface area contributed by atoms with E-state index in [0.29, 0.717) is 15.0 Å². The van der Waals surface area contributed by atoms with E-state index in [4.69, 9.17) is 34.6 Å². The number of carboxylic acid groups (broad SMARTS) is 2. The van der Waals surface area contributed by atoms with Crippen LogP contribution in [0.3, 0.4) is 0 Å². The van der Waals surface area contributed by atoms with Gasteiger partial charge in [-0.25, -0.2) is 0 Å². The van der Waals surface area contributed by atoms with Crippen molar-refractivity contribution >= 4 is 36.4 Å². The Bertz CT molecular complexity index is 549. The highest BCUT2D eigenvalue weighted by Gasteiger charge is 2.14. The van der Waals surface area contributed by atoms with Gasteiger partial charge in [0.05, 0.1) is 13.1 Å². The van der Waals surface area contributed by atoms with Crippen molar-refractivity contribution in [3.63, 3.8) is 0 Å². The Morgan fingerprint density at radius 1 is 1.22 bits per heavy atom. The van der Waals surface area contributed by atoms with Crippen molar-refractivity contribution in [2.45, 2.75) is 6.54 Å².